The van der Waals surface area contributed by atoms with E-state index in [1.807, 2.05) is 32.3 Å². The van der Waals surface area contributed by atoms with Gasteiger partial charge in [-0.15, -0.1) is 0 Å². The van der Waals surface area contributed by atoms with Gasteiger partial charge >= 0.3 is 0 Å². The maximum atomic E-state index is 10.1. The molecule has 0 atom stereocenters. The molecule has 2 heterocycles. The summed E-state index contributed by atoms with van der Waals surface area (Å²) >= 11 is 6.06. The number of rotatable bonds is 4. The first-order valence-electron chi connectivity index (χ1n) is 8.05. The van der Waals surface area contributed by atoms with Gasteiger partial charge in [0.05, 0.1) is 11.3 Å². The van der Waals surface area contributed by atoms with Crippen molar-refractivity contribution in [2.75, 3.05) is 11.9 Å². The van der Waals surface area contributed by atoms with Crippen molar-refractivity contribution in [3.63, 3.8) is 0 Å². The lowest BCUT2D eigenvalue weighted by atomic mass is 9.80. The minimum atomic E-state index is -0.490. The number of aliphatic hydroxyl groups is 1. The van der Waals surface area contributed by atoms with Gasteiger partial charge in [0.25, 0.3) is 0 Å². The van der Waals surface area contributed by atoms with Crippen molar-refractivity contribution in [1.82, 2.24) is 14.8 Å². The second kappa shape index (κ2) is 6.49. The molecule has 0 saturated heterocycles. The zero-order valence-electron chi connectivity index (χ0n) is 13.6. The van der Waals surface area contributed by atoms with Crippen molar-refractivity contribution in [2.24, 2.45) is 13.0 Å². The molecular weight excluding hydrogens is 312 g/mol. The Labute approximate surface area is 141 Å². The van der Waals surface area contributed by atoms with Gasteiger partial charge in [-0.25, -0.2) is 4.98 Å². The van der Waals surface area contributed by atoms with E-state index in [9.17, 15) is 5.11 Å². The molecule has 6 heteroatoms. The van der Waals surface area contributed by atoms with E-state index in [0.29, 0.717) is 11.1 Å². The van der Waals surface area contributed by atoms with Crippen LogP contribution in [0, 0.1) is 5.92 Å². The van der Waals surface area contributed by atoms with E-state index in [-0.39, 0.29) is 0 Å². The van der Waals surface area contributed by atoms with Crippen LogP contribution in [0.2, 0.25) is 5.15 Å². The summed E-state index contributed by atoms with van der Waals surface area (Å²) in [6, 6.07) is 3.82. The Morgan fingerprint density at radius 2 is 2.17 bits per heavy atom. The maximum absolute atomic E-state index is 10.1. The molecule has 0 radical (unpaired) electrons. The highest BCUT2D eigenvalue weighted by molar-refractivity contribution is 6.29. The molecule has 1 fully saturated rings. The van der Waals surface area contributed by atoms with E-state index in [0.717, 1.165) is 49.2 Å². The summed E-state index contributed by atoms with van der Waals surface area (Å²) in [6.07, 6.45) is 7.48. The minimum absolute atomic E-state index is 0.471. The molecule has 5 nitrogen and oxygen atoms in total. The normalized spacial score (nSPS) is 24.6. The zero-order chi connectivity index (χ0) is 16.4. The van der Waals surface area contributed by atoms with Crippen LogP contribution in [0.15, 0.2) is 24.5 Å². The third-order valence-corrected chi connectivity index (χ3v) is 4.83. The van der Waals surface area contributed by atoms with Crippen LogP contribution in [0.25, 0.3) is 11.3 Å². The highest BCUT2D eigenvalue weighted by atomic mass is 35.5. The van der Waals surface area contributed by atoms with E-state index in [1.54, 1.807) is 10.9 Å². The minimum Gasteiger partial charge on any atom is -0.390 e. The molecular formula is C17H23ClN4O. The van der Waals surface area contributed by atoms with Gasteiger partial charge in [0.15, 0.2) is 0 Å². The Balaban J connectivity index is 1.71. The Kier molecular flexibility index (Phi) is 4.60. The summed E-state index contributed by atoms with van der Waals surface area (Å²) in [5.74, 6) is 0.568. The van der Waals surface area contributed by atoms with Gasteiger partial charge in [-0.2, -0.15) is 5.10 Å². The number of pyridine rings is 1. The van der Waals surface area contributed by atoms with Crippen molar-refractivity contribution < 1.29 is 5.11 Å². The summed E-state index contributed by atoms with van der Waals surface area (Å²) in [5, 5.41) is 18.5. The van der Waals surface area contributed by atoms with E-state index in [1.165, 1.54) is 0 Å². The highest BCUT2D eigenvalue weighted by Gasteiger charge is 2.28. The lowest BCUT2D eigenvalue weighted by Gasteiger charge is -2.33. The molecule has 0 aliphatic heterocycles. The summed E-state index contributed by atoms with van der Waals surface area (Å²) in [7, 11) is 1.90. The molecule has 0 spiro atoms. The maximum Gasteiger partial charge on any atom is 0.131 e. The van der Waals surface area contributed by atoms with Gasteiger partial charge in [0, 0.05) is 37.2 Å². The fourth-order valence-electron chi connectivity index (χ4n) is 3.10. The molecule has 0 aromatic carbocycles. The molecule has 1 saturated carbocycles. The molecule has 2 aromatic heterocycles. The summed E-state index contributed by atoms with van der Waals surface area (Å²) < 4.78 is 1.77. The van der Waals surface area contributed by atoms with E-state index in [2.05, 4.69) is 15.4 Å². The SMILES string of the molecule is Cn1ccc(-c2cnc(Cl)cc2NCC2CCC(C)(O)CC2)n1. The Bertz CT molecular complexity index is 673. The number of halogens is 1. The van der Waals surface area contributed by atoms with Gasteiger partial charge < -0.3 is 10.4 Å². The third kappa shape index (κ3) is 4.03. The second-order valence-electron chi connectivity index (χ2n) is 6.75. The number of hydrogen-bond acceptors (Lipinski definition) is 4. The van der Waals surface area contributed by atoms with Gasteiger partial charge in [-0.05, 0) is 50.7 Å². The predicted molar refractivity (Wildman–Crippen MR) is 92.5 cm³/mol. The molecule has 124 valence electrons. The monoisotopic (exact) mass is 334 g/mol. The smallest absolute Gasteiger partial charge is 0.131 e. The van der Waals surface area contributed by atoms with Gasteiger partial charge in [0.2, 0.25) is 0 Å². The van der Waals surface area contributed by atoms with Crippen molar-refractivity contribution >= 4 is 17.3 Å². The Hall–Kier alpha value is -1.59. The number of aryl methyl sites for hydroxylation is 1. The predicted octanol–water partition coefficient (Wildman–Crippen LogP) is 3.49. The van der Waals surface area contributed by atoms with Gasteiger partial charge in [-0.1, -0.05) is 11.6 Å². The van der Waals surface area contributed by atoms with Crippen LogP contribution in [0.5, 0.6) is 0 Å². The average Bonchev–Trinajstić information content (AvgIpc) is 2.92. The van der Waals surface area contributed by atoms with Crippen LogP contribution in [-0.4, -0.2) is 32.0 Å². The zero-order valence-corrected chi connectivity index (χ0v) is 14.3. The van der Waals surface area contributed by atoms with Gasteiger partial charge in [0.1, 0.15) is 5.15 Å². The van der Waals surface area contributed by atoms with Crippen LogP contribution >= 0.6 is 11.6 Å². The van der Waals surface area contributed by atoms with Crippen LogP contribution in [-0.2, 0) is 7.05 Å². The molecule has 0 bridgehead atoms. The van der Waals surface area contributed by atoms with Crippen molar-refractivity contribution in [1.29, 1.82) is 0 Å². The van der Waals surface area contributed by atoms with Gasteiger partial charge in [-0.3, -0.25) is 4.68 Å². The summed E-state index contributed by atoms with van der Waals surface area (Å²) in [4.78, 5) is 4.18. The third-order valence-electron chi connectivity index (χ3n) is 4.62. The number of anilines is 1. The first-order chi connectivity index (χ1) is 10.9. The van der Waals surface area contributed by atoms with E-state index in [4.69, 9.17) is 11.6 Å². The molecule has 23 heavy (non-hydrogen) atoms. The molecule has 0 unspecified atom stereocenters. The number of nitrogens with zero attached hydrogens (tertiary/aromatic N) is 3. The quantitative estimate of drug-likeness (QED) is 0.840. The summed E-state index contributed by atoms with van der Waals surface area (Å²) in [6.45, 7) is 2.80. The van der Waals surface area contributed by atoms with Crippen LogP contribution in [0.3, 0.4) is 0 Å². The Morgan fingerprint density at radius 3 is 2.83 bits per heavy atom. The van der Waals surface area contributed by atoms with E-state index < -0.39 is 5.60 Å². The fraction of sp³-hybridized carbons (Fsp3) is 0.529. The van der Waals surface area contributed by atoms with E-state index >= 15 is 0 Å². The molecule has 2 aromatic rings. The lowest BCUT2D eigenvalue weighted by molar-refractivity contribution is 0.00977. The number of nitrogens with one attached hydrogen (secondary N) is 1. The van der Waals surface area contributed by atoms with Crippen molar-refractivity contribution in [3.8, 4) is 11.3 Å². The number of aromatic nitrogens is 3. The van der Waals surface area contributed by atoms with Crippen LogP contribution in [0.1, 0.15) is 32.6 Å². The first kappa shape index (κ1) is 16.3. The lowest BCUT2D eigenvalue weighted by Crippen LogP contribution is -2.32. The molecule has 3 rings (SSSR count). The standard InChI is InChI=1S/C17H23ClN4O/c1-17(23)6-3-12(4-7-17)10-19-15-9-16(18)20-11-13(15)14-5-8-22(2)21-14/h5,8-9,11-12,23H,3-4,6-7,10H2,1-2H3,(H,19,20). The first-order valence-corrected chi connectivity index (χ1v) is 8.42. The topological polar surface area (TPSA) is 63.0 Å². The molecule has 1 aliphatic carbocycles. The fourth-order valence-corrected chi connectivity index (χ4v) is 3.25. The largest absolute Gasteiger partial charge is 0.390 e. The van der Waals surface area contributed by atoms with Crippen LogP contribution in [0.4, 0.5) is 5.69 Å². The Morgan fingerprint density at radius 1 is 1.43 bits per heavy atom. The highest BCUT2D eigenvalue weighted by Crippen LogP contribution is 2.33. The van der Waals surface area contributed by atoms with Crippen molar-refractivity contribution in [2.45, 2.75) is 38.2 Å². The summed E-state index contributed by atoms with van der Waals surface area (Å²) in [5.41, 5.74) is 2.31. The molecule has 0 amide bonds. The van der Waals surface area contributed by atoms with Crippen LogP contribution < -0.4 is 5.32 Å². The second-order valence-corrected chi connectivity index (χ2v) is 7.14. The molecule has 2 N–H and O–H groups in total. The van der Waals surface area contributed by atoms with Crippen molar-refractivity contribution in [3.05, 3.63) is 29.7 Å². The average molecular weight is 335 g/mol. The number of hydrogen-bond donors (Lipinski definition) is 2. The molecule has 1 aliphatic rings.